The van der Waals surface area contributed by atoms with E-state index in [-0.39, 0.29) is 62.2 Å². The van der Waals surface area contributed by atoms with Crippen molar-refractivity contribution < 1.29 is 43.4 Å². The maximum Gasteiger partial charge on any atom is 0.209 e. The van der Waals surface area contributed by atoms with Crippen LogP contribution in [-0.4, -0.2) is 49.4 Å². The highest BCUT2D eigenvalue weighted by atomic mass is 16.6. The van der Waals surface area contributed by atoms with Gasteiger partial charge in [-0.3, -0.25) is 4.79 Å². The molecule has 1 aliphatic heterocycles. The van der Waals surface area contributed by atoms with Crippen molar-refractivity contribution in [2.75, 3.05) is 27.9 Å². The van der Waals surface area contributed by atoms with Gasteiger partial charge in [0.2, 0.25) is 16.9 Å². The summed E-state index contributed by atoms with van der Waals surface area (Å²) in [7, 11) is 4.22. The fourth-order valence-electron chi connectivity index (χ4n) is 4.23. The van der Waals surface area contributed by atoms with Gasteiger partial charge < -0.3 is 43.4 Å². The second-order valence-corrected chi connectivity index (χ2v) is 7.87. The Morgan fingerprint density at radius 2 is 1.63 bits per heavy atom. The average molecular weight is 482 g/mol. The number of hydrogen-bond acceptors (Lipinski definition) is 10. The fourth-order valence-corrected chi connectivity index (χ4v) is 4.23. The van der Waals surface area contributed by atoms with E-state index in [9.17, 15) is 20.1 Å². The number of benzene rings is 3. The first-order chi connectivity index (χ1) is 16.9. The van der Waals surface area contributed by atoms with E-state index in [2.05, 4.69) is 0 Å². The SMILES string of the molecule is COc1cc(C2Oc3c(OC)cc4c(=O)c5c(OC)cc(O)cc5oc4c3OC2CO)ccc1O. The molecule has 0 amide bonds. The highest BCUT2D eigenvalue weighted by Crippen LogP contribution is 2.50. The third-order valence-electron chi connectivity index (χ3n) is 5.89. The summed E-state index contributed by atoms with van der Waals surface area (Å²) < 4.78 is 34.3. The molecule has 5 rings (SSSR count). The molecule has 2 atom stereocenters. The third kappa shape index (κ3) is 3.50. The van der Waals surface area contributed by atoms with Gasteiger partial charge in [-0.15, -0.1) is 0 Å². The molecule has 4 aromatic rings. The van der Waals surface area contributed by atoms with E-state index in [4.69, 9.17) is 28.1 Å². The van der Waals surface area contributed by atoms with Gasteiger partial charge >= 0.3 is 0 Å². The maximum atomic E-state index is 13.4. The molecule has 0 spiro atoms. The zero-order valence-electron chi connectivity index (χ0n) is 19.0. The normalized spacial score (nSPS) is 16.9. The lowest BCUT2D eigenvalue weighted by atomic mass is 10.0. The van der Waals surface area contributed by atoms with Gasteiger partial charge in [0.25, 0.3) is 0 Å². The Hall–Kier alpha value is -4.31. The topological polar surface area (TPSA) is 137 Å². The molecular weight excluding hydrogens is 460 g/mol. The summed E-state index contributed by atoms with van der Waals surface area (Å²) in [6.07, 6.45) is -1.70. The number of ether oxygens (including phenoxy) is 5. The largest absolute Gasteiger partial charge is 0.508 e. The van der Waals surface area contributed by atoms with Crippen molar-refractivity contribution >= 4 is 21.9 Å². The van der Waals surface area contributed by atoms with Crippen LogP contribution in [-0.2, 0) is 0 Å². The number of phenolic OH excluding ortho intramolecular Hbond substituents is 2. The lowest BCUT2D eigenvalue weighted by Crippen LogP contribution is -2.36. The molecule has 10 heteroatoms. The van der Waals surface area contributed by atoms with E-state index in [1.807, 2.05) is 0 Å². The van der Waals surface area contributed by atoms with Crippen molar-refractivity contribution in [2.24, 2.45) is 0 Å². The minimum atomic E-state index is -0.897. The van der Waals surface area contributed by atoms with Crippen LogP contribution in [0.4, 0.5) is 0 Å². The number of aromatic hydroxyl groups is 2. The number of fused-ring (bicyclic) bond motifs is 4. The number of hydrogen-bond donors (Lipinski definition) is 3. The number of methoxy groups -OCH3 is 3. The van der Waals surface area contributed by atoms with Gasteiger partial charge in [-0.2, -0.15) is 0 Å². The van der Waals surface area contributed by atoms with Crippen LogP contribution in [0.25, 0.3) is 21.9 Å². The summed E-state index contributed by atoms with van der Waals surface area (Å²) in [4.78, 5) is 13.4. The van der Waals surface area contributed by atoms with Crippen LogP contribution in [0, 0.1) is 0 Å². The monoisotopic (exact) mass is 482 g/mol. The predicted octanol–water partition coefficient (Wildman–Crippen LogP) is 3.26. The number of aliphatic hydroxyl groups is 1. The first-order valence-electron chi connectivity index (χ1n) is 10.6. The number of aliphatic hydroxyl groups excluding tert-OH is 1. The molecule has 182 valence electrons. The molecule has 35 heavy (non-hydrogen) atoms. The molecule has 0 bridgehead atoms. The van der Waals surface area contributed by atoms with Crippen molar-refractivity contribution in [2.45, 2.75) is 12.2 Å². The minimum absolute atomic E-state index is 0.0511. The zero-order valence-corrected chi connectivity index (χ0v) is 19.0. The lowest BCUT2D eigenvalue weighted by molar-refractivity contribution is -0.0134. The standard InChI is InChI=1S/C25H22O10/c1-30-15-6-11(4-5-14(15)28)22-19(10-26)34-25-23-13(9-18(32-3)24(25)35-22)21(29)20-16(31-2)7-12(27)8-17(20)33-23/h4-9,19,22,26-28H,10H2,1-3H3. The van der Waals surface area contributed by atoms with Crippen molar-refractivity contribution in [1.82, 2.24) is 0 Å². The van der Waals surface area contributed by atoms with E-state index in [0.717, 1.165) is 0 Å². The molecule has 10 nitrogen and oxygen atoms in total. The van der Waals surface area contributed by atoms with Crippen molar-refractivity contribution in [3.8, 4) is 40.2 Å². The summed E-state index contributed by atoms with van der Waals surface area (Å²) in [5, 5.41) is 30.4. The molecular formula is C25H22O10. The lowest BCUT2D eigenvalue weighted by Gasteiger charge is -2.34. The average Bonchev–Trinajstić information content (AvgIpc) is 2.87. The van der Waals surface area contributed by atoms with Gasteiger partial charge in [-0.1, -0.05) is 6.07 Å². The molecule has 3 aromatic carbocycles. The molecule has 0 aliphatic carbocycles. The second kappa shape index (κ2) is 8.48. The van der Waals surface area contributed by atoms with Gasteiger partial charge in [-0.25, -0.2) is 0 Å². The van der Waals surface area contributed by atoms with Crippen LogP contribution in [0.5, 0.6) is 40.2 Å². The number of phenols is 2. The second-order valence-electron chi connectivity index (χ2n) is 7.87. The molecule has 0 fully saturated rings. The number of rotatable bonds is 5. The summed E-state index contributed by atoms with van der Waals surface area (Å²) >= 11 is 0. The van der Waals surface area contributed by atoms with E-state index in [1.54, 1.807) is 12.1 Å². The molecule has 0 saturated carbocycles. The van der Waals surface area contributed by atoms with Crippen LogP contribution in [0.2, 0.25) is 0 Å². The predicted molar refractivity (Wildman–Crippen MR) is 124 cm³/mol. The van der Waals surface area contributed by atoms with E-state index in [0.29, 0.717) is 5.56 Å². The van der Waals surface area contributed by atoms with Crippen LogP contribution >= 0.6 is 0 Å². The molecule has 2 unspecified atom stereocenters. The van der Waals surface area contributed by atoms with E-state index < -0.39 is 24.2 Å². The van der Waals surface area contributed by atoms with Crippen LogP contribution in [0.3, 0.4) is 0 Å². The smallest absolute Gasteiger partial charge is 0.209 e. The van der Waals surface area contributed by atoms with Crippen molar-refractivity contribution in [3.05, 3.63) is 52.2 Å². The summed E-state index contributed by atoms with van der Waals surface area (Å²) in [6.45, 7) is -0.432. The summed E-state index contributed by atoms with van der Waals surface area (Å²) in [6, 6.07) is 8.74. The first kappa shape index (κ1) is 22.5. The zero-order chi connectivity index (χ0) is 24.9. The molecule has 0 saturated heterocycles. The van der Waals surface area contributed by atoms with E-state index >= 15 is 0 Å². The van der Waals surface area contributed by atoms with Gasteiger partial charge in [0.1, 0.15) is 22.5 Å². The summed E-state index contributed by atoms with van der Waals surface area (Å²) in [5.41, 5.74) is 0.294. The van der Waals surface area contributed by atoms with Gasteiger partial charge in [-0.05, 0) is 18.2 Å². The molecule has 1 aromatic heterocycles. The van der Waals surface area contributed by atoms with E-state index in [1.165, 1.54) is 45.6 Å². The quantitative estimate of drug-likeness (QED) is 0.364. The first-order valence-corrected chi connectivity index (χ1v) is 10.6. The van der Waals surface area contributed by atoms with Crippen molar-refractivity contribution in [1.29, 1.82) is 0 Å². The Labute approximate surface area is 198 Å². The Morgan fingerprint density at radius 1 is 0.886 bits per heavy atom. The fraction of sp³-hybridized carbons (Fsp3) is 0.240. The van der Waals surface area contributed by atoms with Crippen molar-refractivity contribution in [3.63, 3.8) is 0 Å². The molecule has 1 aliphatic rings. The maximum absolute atomic E-state index is 13.4. The minimum Gasteiger partial charge on any atom is -0.508 e. The highest BCUT2D eigenvalue weighted by Gasteiger charge is 2.37. The van der Waals surface area contributed by atoms with Crippen LogP contribution in [0.1, 0.15) is 11.7 Å². The molecule has 0 radical (unpaired) electrons. The van der Waals surface area contributed by atoms with Gasteiger partial charge in [0, 0.05) is 17.7 Å². The van der Waals surface area contributed by atoms with Gasteiger partial charge in [0.15, 0.2) is 35.0 Å². The van der Waals surface area contributed by atoms with Crippen LogP contribution < -0.4 is 29.1 Å². The summed E-state index contributed by atoms with van der Waals surface area (Å²) in [5.74, 6) is 0.627. The Kier molecular flexibility index (Phi) is 5.45. The Morgan fingerprint density at radius 3 is 2.31 bits per heavy atom. The molecule has 2 heterocycles. The Balaban J connectivity index is 1.75. The Bertz CT molecular complexity index is 1510. The molecule has 3 N–H and O–H groups in total. The third-order valence-corrected chi connectivity index (χ3v) is 5.89. The van der Waals surface area contributed by atoms with Gasteiger partial charge in [0.05, 0.1) is 33.3 Å². The van der Waals surface area contributed by atoms with Crippen LogP contribution in [0.15, 0.2) is 45.6 Å². The highest BCUT2D eigenvalue weighted by molar-refractivity contribution is 5.98.